The molecule has 0 saturated carbocycles. The third kappa shape index (κ3) is 3.48. The van der Waals surface area contributed by atoms with Crippen LogP contribution in [0.4, 0.5) is 11.4 Å². The molecule has 1 N–H and O–H groups in total. The van der Waals surface area contributed by atoms with Crippen LogP contribution in [-0.4, -0.2) is 32.2 Å². The van der Waals surface area contributed by atoms with Crippen molar-refractivity contribution in [2.75, 3.05) is 30.4 Å². The third-order valence-corrected chi connectivity index (χ3v) is 4.67. The fourth-order valence-corrected chi connectivity index (χ4v) is 3.35. The van der Waals surface area contributed by atoms with Gasteiger partial charge in [0, 0.05) is 37.0 Å². The molecular formula is C17H20N2O2S. The second-order valence-electron chi connectivity index (χ2n) is 5.46. The molecule has 1 aromatic heterocycles. The first-order valence-electron chi connectivity index (χ1n) is 7.47. The number of methoxy groups -OCH3 is 1. The summed E-state index contributed by atoms with van der Waals surface area (Å²) in [6.45, 7) is 1.98. The Morgan fingerprint density at radius 3 is 2.82 bits per heavy atom. The maximum Gasteiger partial charge on any atom is 0.256 e. The van der Waals surface area contributed by atoms with E-state index in [4.69, 9.17) is 4.74 Å². The maximum atomic E-state index is 12.0. The predicted molar refractivity (Wildman–Crippen MR) is 91.0 cm³/mol. The van der Waals surface area contributed by atoms with Gasteiger partial charge in [0.2, 0.25) is 0 Å². The Hall–Kier alpha value is -1.85. The average molecular weight is 316 g/mol. The molecule has 2 heterocycles. The molecule has 1 fully saturated rings. The number of nitrogens with zero attached hydrogens (tertiary/aromatic N) is 1. The van der Waals surface area contributed by atoms with Crippen LogP contribution in [0.1, 0.15) is 23.2 Å². The zero-order valence-corrected chi connectivity index (χ0v) is 13.4. The second-order valence-corrected chi connectivity index (χ2v) is 6.24. The van der Waals surface area contributed by atoms with Gasteiger partial charge in [-0.15, -0.1) is 0 Å². The van der Waals surface area contributed by atoms with Crippen molar-refractivity contribution >= 4 is 28.6 Å². The van der Waals surface area contributed by atoms with Crippen molar-refractivity contribution in [2.24, 2.45) is 0 Å². The van der Waals surface area contributed by atoms with E-state index in [2.05, 4.69) is 22.3 Å². The highest BCUT2D eigenvalue weighted by Gasteiger charge is 2.19. The Balaban J connectivity index is 1.64. The Labute approximate surface area is 134 Å². The zero-order chi connectivity index (χ0) is 15.4. The Morgan fingerprint density at radius 2 is 2.14 bits per heavy atom. The highest BCUT2D eigenvalue weighted by atomic mass is 32.1. The van der Waals surface area contributed by atoms with Crippen LogP contribution >= 0.6 is 11.3 Å². The number of benzene rings is 1. The van der Waals surface area contributed by atoms with Crippen LogP contribution in [0.5, 0.6) is 0 Å². The highest BCUT2D eigenvalue weighted by molar-refractivity contribution is 7.08. The van der Waals surface area contributed by atoms with Crippen molar-refractivity contribution in [1.82, 2.24) is 0 Å². The molecule has 116 valence electrons. The van der Waals surface area contributed by atoms with E-state index in [0.29, 0.717) is 11.7 Å². The van der Waals surface area contributed by atoms with E-state index in [1.165, 1.54) is 17.0 Å². The molecule has 1 saturated heterocycles. The van der Waals surface area contributed by atoms with Crippen LogP contribution in [0, 0.1) is 0 Å². The van der Waals surface area contributed by atoms with Crippen LogP contribution < -0.4 is 10.2 Å². The Kier molecular flexibility index (Phi) is 4.75. The largest absolute Gasteiger partial charge is 0.380 e. The first-order valence-corrected chi connectivity index (χ1v) is 8.42. The highest BCUT2D eigenvalue weighted by Crippen LogP contribution is 2.23. The van der Waals surface area contributed by atoms with E-state index >= 15 is 0 Å². The van der Waals surface area contributed by atoms with Gasteiger partial charge in [0.1, 0.15) is 0 Å². The number of amides is 1. The van der Waals surface area contributed by atoms with Gasteiger partial charge in [-0.05, 0) is 48.6 Å². The normalized spacial score (nSPS) is 18.2. The molecule has 0 aliphatic carbocycles. The summed E-state index contributed by atoms with van der Waals surface area (Å²) in [5.74, 6) is -0.0635. The van der Waals surface area contributed by atoms with E-state index < -0.39 is 0 Å². The maximum absolute atomic E-state index is 12.0. The first-order chi connectivity index (χ1) is 10.8. The van der Waals surface area contributed by atoms with E-state index in [-0.39, 0.29) is 5.91 Å². The SMILES string of the molecule is CO[C@H]1CCCN(c2ccc(NC(=O)c3ccsc3)cc2)C1. The topological polar surface area (TPSA) is 41.6 Å². The number of anilines is 2. The molecular weight excluding hydrogens is 296 g/mol. The van der Waals surface area contributed by atoms with Gasteiger partial charge in [-0.25, -0.2) is 0 Å². The standard InChI is InChI=1S/C17H20N2O2S/c1-21-16-3-2-9-19(11-16)15-6-4-14(5-7-15)18-17(20)13-8-10-22-12-13/h4-8,10,12,16H,2-3,9,11H2,1H3,(H,18,20)/t16-/m0/s1. The minimum absolute atomic E-state index is 0.0635. The summed E-state index contributed by atoms with van der Waals surface area (Å²) in [4.78, 5) is 14.3. The third-order valence-electron chi connectivity index (χ3n) is 3.99. The molecule has 3 rings (SSSR count). The number of rotatable bonds is 4. The van der Waals surface area contributed by atoms with Crippen LogP contribution in [0.2, 0.25) is 0 Å². The second kappa shape index (κ2) is 6.94. The molecule has 0 radical (unpaired) electrons. The van der Waals surface area contributed by atoms with Gasteiger partial charge in [0.15, 0.2) is 0 Å². The van der Waals surface area contributed by atoms with Crippen LogP contribution in [0.15, 0.2) is 41.1 Å². The van der Waals surface area contributed by atoms with Gasteiger partial charge in [0.25, 0.3) is 5.91 Å². The molecule has 1 aromatic carbocycles. The summed E-state index contributed by atoms with van der Waals surface area (Å²) < 4.78 is 5.46. The van der Waals surface area contributed by atoms with E-state index in [1.54, 1.807) is 7.11 Å². The van der Waals surface area contributed by atoms with Crippen molar-refractivity contribution in [1.29, 1.82) is 0 Å². The van der Waals surface area contributed by atoms with Crippen molar-refractivity contribution < 1.29 is 9.53 Å². The molecule has 0 spiro atoms. The molecule has 1 atom stereocenters. The van der Waals surface area contributed by atoms with Gasteiger partial charge in [0.05, 0.1) is 11.7 Å². The first kappa shape index (κ1) is 15.1. The summed E-state index contributed by atoms with van der Waals surface area (Å²) in [5.41, 5.74) is 2.70. The van der Waals surface area contributed by atoms with Crippen LogP contribution in [0.3, 0.4) is 0 Å². The lowest BCUT2D eigenvalue weighted by molar-refractivity contribution is 0.0893. The summed E-state index contributed by atoms with van der Waals surface area (Å²) in [6, 6.07) is 9.85. The molecule has 0 unspecified atom stereocenters. The quantitative estimate of drug-likeness (QED) is 0.937. The Bertz CT molecular complexity index is 610. The van der Waals surface area contributed by atoms with Crippen molar-refractivity contribution in [3.05, 3.63) is 46.7 Å². The predicted octanol–water partition coefficient (Wildman–Crippen LogP) is 3.62. The summed E-state index contributed by atoms with van der Waals surface area (Å²) in [6.07, 6.45) is 2.59. The fraction of sp³-hybridized carbons (Fsp3) is 0.353. The van der Waals surface area contributed by atoms with Crippen molar-refractivity contribution in [3.8, 4) is 0 Å². The zero-order valence-electron chi connectivity index (χ0n) is 12.6. The molecule has 1 aliphatic rings. The number of thiophene rings is 1. The smallest absolute Gasteiger partial charge is 0.256 e. The molecule has 1 aliphatic heterocycles. The minimum Gasteiger partial charge on any atom is -0.380 e. The summed E-state index contributed by atoms with van der Waals surface area (Å²) in [7, 11) is 1.78. The number of ether oxygens (including phenoxy) is 1. The van der Waals surface area contributed by atoms with Gasteiger partial charge >= 0.3 is 0 Å². The number of nitrogens with one attached hydrogen (secondary N) is 1. The lowest BCUT2D eigenvalue weighted by Crippen LogP contribution is -2.39. The molecule has 1 amide bonds. The van der Waals surface area contributed by atoms with Crippen LogP contribution in [-0.2, 0) is 4.74 Å². The number of hydrogen-bond donors (Lipinski definition) is 1. The molecule has 5 heteroatoms. The summed E-state index contributed by atoms with van der Waals surface area (Å²) in [5, 5.41) is 6.67. The van der Waals surface area contributed by atoms with Gasteiger partial charge in [-0.2, -0.15) is 11.3 Å². The van der Waals surface area contributed by atoms with E-state index in [1.807, 2.05) is 29.0 Å². The molecule has 22 heavy (non-hydrogen) atoms. The Morgan fingerprint density at radius 1 is 1.32 bits per heavy atom. The van der Waals surface area contributed by atoms with Gasteiger partial charge in [-0.3, -0.25) is 4.79 Å². The lowest BCUT2D eigenvalue weighted by atomic mass is 10.1. The average Bonchev–Trinajstić information content (AvgIpc) is 3.10. The van der Waals surface area contributed by atoms with Gasteiger partial charge < -0.3 is 15.0 Å². The fourth-order valence-electron chi connectivity index (χ4n) is 2.72. The monoisotopic (exact) mass is 316 g/mol. The van der Waals surface area contributed by atoms with Crippen molar-refractivity contribution in [3.63, 3.8) is 0 Å². The van der Waals surface area contributed by atoms with Crippen molar-refractivity contribution in [2.45, 2.75) is 18.9 Å². The number of hydrogen-bond acceptors (Lipinski definition) is 4. The number of carbonyl (C=O) groups is 1. The van der Waals surface area contributed by atoms with E-state index in [9.17, 15) is 4.79 Å². The lowest BCUT2D eigenvalue weighted by Gasteiger charge is -2.33. The summed E-state index contributed by atoms with van der Waals surface area (Å²) >= 11 is 1.52. The molecule has 0 bridgehead atoms. The van der Waals surface area contributed by atoms with E-state index in [0.717, 1.165) is 31.6 Å². The molecule has 4 nitrogen and oxygen atoms in total. The van der Waals surface area contributed by atoms with Gasteiger partial charge in [-0.1, -0.05) is 0 Å². The molecule has 2 aromatic rings. The minimum atomic E-state index is -0.0635. The number of piperidine rings is 1. The number of carbonyl (C=O) groups excluding carboxylic acids is 1. The van der Waals surface area contributed by atoms with Crippen LogP contribution in [0.25, 0.3) is 0 Å².